The molecule has 4 nitrogen and oxygen atoms in total. The predicted molar refractivity (Wildman–Crippen MR) is 269 cm³/mol. The lowest BCUT2D eigenvalue weighted by Gasteiger charge is -2.31. The summed E-state index contributed by atoms with van der Waals surface area (Å²) in [6.45, 7) is 0. The van der Waals surface area contributed by atoms with Crippen molar-refractivity contribution in [3.05, 3.63) is 241 Å². The molecule has 2 heterocycles. The topological polar surface area (TPSA) is 43.6 Å². The average molecular weight is 837 g/mol. The molecule has 1 atom stereocenters. The average Bonchev–Trinajstić information content (AvgIpc) is 4.09. The first kappa shape index (κ1) is 35.7. The zero-order chi connectivity index (χ0) is 43.1. The number of hydrogen-bond donors (Lipinski definition) is 0. The summed E-state index contributed by atoms with van der Waals surface area (Å²) >= 11 is 0. The molecule has 2 aromatic heterocycles. The molecule has 10 aromatic carbocycles. The Balaban J connectivity index is 1.11. The van der Waals surface area contributed by atoms with E-state index in [1.54, 1.807) is 0 Å². The summed E-state index contributed by atoms with van der Waals surface area (Å²) in [5, 5.41) is 4.99. The standard InChI is InChI=1S/C62H36N4/c1-3-18-38(19-4-1)59-63-60(39-20-5-2-6-21-39)65-61(64-59)58-55-45-29-16-23-37-22-15-28-42(54(37)45)46(55)36-50-57(58)44-27-8-12-31-48(44)62(50)47-30-11-7-26-43(47)56-49(62)32-17-35-53(56)66-51-33-13-9-24-40(51)41-25-10-14-34-52(41)66/h1-36H. The first-order valence-corrected chi connectivity index (χ1v) is 22.7. The van der Waals surface area contributed by atoms with Crippen molar-refractivity contribution in [1.29, 1.82) is 0 Å². The molecule has 15 rings (SSSR count). The van der Waals surface area contributed by atoms with Gasteiger partial charge in [0.1, 0.15) is 0 Å². The molecule has 0 aliphatic heterocycles. The third kappa shape index (κ3) is 4.54. The highest BCUT2D eigenvalue weighted by atomic mass is 15.0. The molecule has 304 valence electrons. The van der Waals surface area contributed by atoms with Gasteiger partial charge in [0.15, 0.2) is 17.5 Å². The molecule has 0 N–H and O–H groups in total. The van der Waals surface area contributed by atoms with Gasteiger partial charge in [-0.25, -0.2) is 15.0 Å². The zero-order valence-corrected chi connectivity index (χ0v) is 35.6. The van der Waals surface area contributed by atoms with Crippen molar-refractivity contribution in [2.24, 2.45) is 0 Å². The van der Waals surface area contributed by atoms with Crippen LogP contribution in [0.5, 0.6) is 0 Å². The summed E-state index contributed by atoms with van der Waals surface area (Å²) in [4.78, 5) is 16.3. The van der Waals surface area contributed by atoms with Crippen LogP contribution in [0.2, 0.25) is 0 Å². The number of rotatable bonds is 4. The maximum absolute atomic E-state index is 5.54. The van der Waals surface area contributed by atoms with Crippen LogP contribution in [0, 0.1) is 0 Å². The second-order valence-corrected chi connectivity index (χ2v) is 17.8. The summed E-state index contributed by atoms with van der Waals surface area (Å²) < 4.78 is 2.49. The number of benzene rings is 10. The van der Waals surface area contributed by atoms with Crippen LogP contribution in [-0.4, -0.2) is 19.5 Å². The number of para-hydroxylation sites is 2. The van der Waals surface area contributed by atoms with Gasteiger partial charge in [-0.2, -0.15) is 0 Å². The van der Waals surface area contributed by atoms with Crippen LogP contribution in [-0.2, 0) is 5.41 Å². The van der Waals surface area contributed by atoms with Gasteiger partial charge in [0, 0.05) is 38.6 Å². The Morgan fingerprint density at radius 1 is 0.318 bits per heavy atom. The van der Waals surface area contributed by atoms with Crippen LogP contribution in [0.25, 0.3) is 117 Å². The highest BCUT2D eigenvalue weighted by molar-refractivity contribution is 6.21. The van der Waals surface area contributed by atoms with E-state index in [9.17, 15) is 0 Å². The fraction of sp³-hybridized carbons (Fsp3) is 0.0161. The molecule has 1 unspecified atom stereocenters. The Kier molecular flexibility index (Phi) is 7.12. The maximum atomic E-state index is 5.54. The van der Waals surface area contributed by atoms with Crippen LogP contribution < -0.4 is 0 Å². The zero-order valence-electron chi connectivity index (χ0n) is 35.6. The van der Waals surface area contributed by atoms with E-state index in [0.29, 0.717) is 17.5 Å². The lowest BCUT2D eigenvalue weighted by molar-refractivity contribution is 0.793. The van der Waals surface area contributed by atoms with Crippen molar-refractivity contribution in [2.45, 2.75) is 5.41 Å². The molecule has 0 amide bonds. The normalized spacial score (nSPS) is 14.7. The fourth-order valence-electron chi connectivity index (χ4n) is 12.1. The van der Waals surface area contributed by atoms with E-state index in [2.05, 4.69) is 211 Å². The van der Waals surface area contributed by atoms with E-state index >= 15 is 0 Å². The third-order valence-electron chi connectivity index (χ3n) is 14.6. The van der Waals surface area contributed by atoms with Crippen LogP contribution >= 0.6 is 0 Å². The van der Waals surface area contributed by atoms with E-state index < -0.39 is 5.41 Å². The summed E-state index contributed by atoms with van der Waals surface area (Å²) in [5.41, 5.74) is 20.6. The van der Waals surface area contributed by atoms with E-state index in [1.807, 2.05) is 12.1 Å². The molecule has 3 aliphatic rings. The van der Waals surface area contributed by atoms with E-state index in [-0.39, 0.29) is 0 Å². The minimum absolute atomic E-state index is 0.646. The van der Waals surface area contributed by atoms with Gasteiger partial charge in [-0.15, -0.1) is 0 Å². The van der Waals surface area contributed by atoms with Crippen molar-refractivity contribution in [3.8, 4) is 84.4 Å². The second-order valence-electron chi connectivity index (χ2n) is 17.8. The van der Waals surface area contributed by atoms with Gasteiger partial charge in [0.25, 0.3) is 0 Å². The largest absolute Gasteiger partial charge is 0.309 e. The number of aromatic nitrogens is 4. The van der Waals surface area contributed by atoms with Gasteiger partial charge in [0.05, 0.1) is 22.1 Å². The van der Waals surface area contributed by atoms with Gasteiger partial charge in [0.2, 0.25) is 0 Å². The molecule has 1 spiro atoms. The lowest BCUT2D eigenvalue weighted by atomic mass is 9.70. The highest BCUT2D eigenvalue weighted by Crippen LogP contribution is 2.67. The minimum Gasteiger partial charge on any atom is -0.309 e. The number of hydrogen-bond acceptors (Lipinski definition) is 3. The minimum atomic E-state index is -0.656. The van der Waals surface area contributed by atoms with Crippen LogP contribution in [0.4, 0.5) is 0 Å². The van der Waals surface area contributed by atoms with E-state index in [4.69, 9.17) is 15.0 Å². The van der Waals surface area contributed by atoms with Gasteiger partial charge < -0.3 is 4.57 Å². The van der Waals surface area contributed by atoms with Crippen LogP contribution in [0.1, 0.15) is 22.3 Å². The number of nitrogens with zero attached hydrogens (tertiary/aromatic N) is 4. The molecule has 4 heteroatoms. The van der Waals surface area contributed by atoms with Gasteiger partial charge >= 0.3 is 0 Å². The maximum Gasteiger partial charge on any atom is 0.165 e. The SMILES string of the molecule is c1ccc(-c2nc(-c3ccccc3)nc(-c3c4c(cc5c3-c3ccccc3C53c5ccccc5-c5c(-n6c7ccccc7c7ccccc76)cccc53)-c3cccc5cccc-4c35)n2)cc1. The molecular weight excluding hydrogens is 801 g/mol. The highest BCUT2D eigenvalue weighted by Gasteiger charge is 2.54. The molecule has 0 bridgehead atoms. The summed E-state index contributed by atoms with van der Waals surface area (Å²) in [6, 6.07) is 79.6. The summed E-state index contributed by atoms with van der Waals surface area (Å²) in [6.07, 6.45) is 0. The van der Waals surface area contributed by atoms with Crippen molar-refractivity contribution in [3.63, 3.8) is 0 Å². The molecule has 0 saturated heterocycles. The van der Waals surface area contributed by atoms with Crippen molar-refractivity contribution < 1.29 is 0 Å². The van der Waals surface area contributed by atoms with Gasteiger partial charge in [-0.05, 0) is 90.7 Å². The van der Waals surface area contributed by atoms with Crippen LogP contribution in [0.15, 0.2) is 218 Å². The van der Waals surface area contributed by atoms with Gasteiger partial charge in [-0.1, -0.05) is 194 Å². The number of fused-ring (bicyclic) bond motifs is 16. The van der Waals surface area contributed by atoms with E-state index in [0.717, 1.165) is 16.7 Å². The molecule has 0 saturated carbocycles. The molecule has 3 aliphatic carbocycles. The monoisotopic (exact) mass is 836 g/mol. The molecular formula is C62H36N4. The summed E-state index contributed by atoms with van der Waals surface area (Å²) in [5.74, 6) is 1.96. The lowest BCUT2D eigenvalue weighted by Crippen LogP contribution is -2.26. The third-order valence-corrected chi connectivity index (χ3v) is 14.6. The summed E-state index contributed by atoms with van der Waals surface area (Å²) in [7, 11) is 0. The van der Waals surface area contributed by atoms with Crippen LogP contribution in [0.3, 0.4) is 0 Å². The fourth-order valence-corrected chi connectivity index (χ4v) is 12.1. The Labute approximate surface area is 380 Å². The first-order chi connectivity index (χ1) is 32.8. The quantitative estimate of drug-likeness (QED) is 0.177. The van der Waals surface area contributed by atoms with Crippen molar-refractivity contribution >= 4 is 32.6 Å². The molecule has 0 fully saturated rings. The Bertz CT molecular complexity index is 3940. The predicted octanol–water partition coefficient (Wildman–Crippen LogP) is 15.1. The Morgan fingerprint density at radius 3 is 1.47 bits per heavy atom. The molecule has 0 radical (unpaired) electrons. The first-order valence-electron chi connectivity index (χ1n) is 22.7. The Hall–Kier alpha value is -8.73. The second kappa shape index (κ2) is 13.2. The smallest absolute Gasteiger partial charge is 0.165 e. The van der Waals surface area contributed by atoms with Crippen molar-refractivity contribution in [2.75, 3.05) is 0 Å². The molecule has 66 heavy (non-hydrogen) atoms. The van der Waals surface area contributed by atoms with Gasteiger partial charge in [-0.3, -0.25) is 0 Å². The van der Waals surface area contributed by atoms with E-state index in [1.165, 1.54) is 105 Å². The van der Waals surface area contributed by atoms with Crippen molar-refractivity contribution in [1.82, 2.24) is 19.5 Å². The molecule has 12 aromatic rings. The Morgan fingerprint density at radius 2 is 0.818 bits per heavy atom.